The number of furan rings is 1. The van der Waals surface area contributed by atoms with Crippen LogP contribution in [0.25, 0.3) is 22.3 Å². The van der Waals surface area contributed by atoms with Crippen molar-refractivity contribution in [2.24, 2.45) is 11.7 Å². The minimum absolute atomic E-state index is 0.125. The molecule has 1 aromatic heterocycles. The highest BCUT2D eigenvalue weighted by Crippen LogP contribution is 2.42. The van der Waals surface area contributed by atoms with Crippen LogP contribution in [0.2, 0.25) is 0 Å². The topological polar surface area (TPSA) is 150 Å². The van der Waals surface area contributed by atoms with E-state index in [0.717, 1.165) is 6.26 Å². The molecule has 3 N–H and O–H groups in total. The van der Waals surface area contributed by atoms with Crippen molar-refractivity contribution in [3.63, 3.8) is 0 Å². The van der Waals surface area contributed by atoms with Gasteiger partial charge in [0.2, 0.25) is 10.0 Å². The van der Waals surface area contributed by atoms with Crippen LogP contribution in [0.4, 0.5) is 10.1 Å². The van der Waals surface area contributed by atoms with E-state index >= 15 is 0 Å². The minimum atomic E-state index is -3.84. The minimum Gasteiger partial charge on any atom is -0.462 e. The number of sulfonamides is 1. The van der Waals surface area contributed by atoms with Gasteiger partial charge >= 0.3 is 5.97 Å². The lowest BCUT2D eigenvalue weighted by Gasteiger charge is -2.25. The van der Waals surface area contributed by atoms with E-state index in [4.69, 9.17) is 24.4 Å². The summed E-state index contributed by atoms with van der Waals surface area (Å²) in [6, 6.07) is 14.9. The molecule has 4 aromatic rings. The number of nitrogens with zero attached hydrogens (tertiary/aromatic N) is 1. The van der Waals surface area contributed by atoms with Crippen LogP contribution in [0.3, 0.4) is 0 Å². The molecule has 3 aromatic carbocycles. The van der Waals surface area contributed by atoms with Gasteiger partial charge in [-0.15, -0.1) is 0 Å². The summed E-state index contributed by atoms with van der Waals surface area (Å²) in [5.41, 5.74) is 7.91. The fourth-order valence-electron chi connectivity index (χ4n) is 5.54. The quantitative estimate of drug-likeness (QED) is 0.208. The molecule has 0 unspecified atom stereocenters. The number of hydrogen-bond donors (Lipinski definition) is 2. The SMILES string of the molecule is CNC(=O)c1c(-c2ccc(Oc3ccc(F)cc3)cc2)oc2cc3c(cc12)[C@H](C)O[C@H](COC(=O)[C@@H](N)CC(C)C)CN3S(C)(=O)=O. The summed E-state index contributed by atoms with van der Waals surface area (Å²) in [6.07, 6.45) is 0.0911. The van der Waals surface area contributed by atoms with Gasteiger partial charge in [-0.05, 0) is 73.9 Å². The third-order valence-corrected chi connectivity index (χ3v) is 8.92. The number of rotatable bonds is 10. The number of amides is 1. The Labute approximate surface area is 272 Å². The molecule has 1 aliphatic rings. The van der Waals surface area contributed by atoms with E-state index < -0.39 is 40.1 Å². The van der Waals surface area contributed by atoms with E-state index in [1.165, 1.54) is 35.6 Å². The molecule has 0 saturated carbocycles. The van der Waals surface area contributed by atoms with Crippen LogP contribution < -0.4 is 20.1 Å². The lowest BCUT2D eigenvalue weighted by atomic mass is 10.0. The first kappa shape index (κ1) is 33.9. The van der Waals surface area contributed by atoms with Gasteiger partial charge in [0, 0.05) is 29.6 Å². The molecule has 3 atom stereocenters. The number of anilines is 1. The Bertz CT molecular complexity index is 1870. The van der Waals surface area contributed by atoms with E-state index in [1.807, 2.05) is 13.8 Å². The first-order valence-electron chi connectivity index (χ1n) is 15.2. The van der Waals surface area contributed by atoms with Crippen molar-refractivity contribution in [3.8, 4) is 22.8 Å². The summed E-state index contributed by atoms with van der Waals surface area (Å²) in [4.78, 5) is 25.8. The zero-order valence-electron chi connectivity index (χ0n) is 26.8. The number of benzene rings is 3. The van der Waals surface area contributed by atoms with Crippen LogP contribution in [-0.2, 0) is 24.3 Å². The van der Waals surface area contributed by atoms with Gasteiger partial charge in [-0.2, -0.15) is 0 Å². The van der Waals surface area contributed by atoms with Gasteiger partial charge in [0.05, 0.1) is 30.2 Å². The monoisotopic (exact) mass is 667 g/mol. The Hall–Kier alpha value is -4.46. The van der Waals surface area contributed by atoms with Crippen molar-refractivity contribution in [1.29, 1.82) is 0 Å². The van der Waals surface area contributed by atoms with E-state index in [9.17, 15) is 22.4 Å². The van der Waals surface area contributed by atoms with E-state index in [1.54, 1.807) is 43.3 Å². The van der Waals surface area contributed by atoms with Crippen LogP contribution in [0.15, 0.2) is 65.1 Å². The first-order valence-corrected chi connectivity index (χ1v) is 17.0. The second kappa shape index (κ2) is 13.7. The molecular weight excluding hydrogens is 629 g/mol. The third kappa shape index (κ3) is 7.58. The average Bonchev–Trinajstić information content (AvgIpc) is 3.33. The molecule has 0 aliphatic carbocycles. The number of ether oxygens (including phenoxy) is 3. The molecule has 1 aliphatic heterocycles. The van der Waals surface area contributed by atoms with Crippen molar-refractivity contribution in [2.75, 3.05) is 30.8 Å². The molecule has 0 radical (unpaired) electrons. The first-order chi connectivity index (χ1) is 22.2. The van der Waals surface area contributed by atoms with E-state index in [-0.39, 0.29) is 41.8 Å². The predicted octanol–water partition coefficient (Wildman–Crippen LogP) is 5.53. The molecule has 5 rings (SSSR count). The zero-order valence-corrected chi connectivity index (χ0v) is 27.6. The molecule has 2 heterocycles. The highest BCUT2D eigenvalue weighted by Gasteiger charge is 2.34. The smallest absolute Gasteiger partial charge is 0.323 e. The highest BCUT2D eigenvalue weighted by atomic mass is 32.2. The van der Waals surface area contributed by atoms with E-state index in [0.29, 0.717) is 40.1 Å². The predicted molar refractivity (Wildman–Crippen MR) is 175 cm³/mol. The van der Waals surface area contributed by atoms with Crippen molar-refractivity contribution < 1.29 is 41.0 Å². The van der Waals surface area contributed by atoms with E-state index in [2.05, 4.69) is 5.32 Å². The van der Waals surface area contributed by atoms with Gasteiger partial charge in [0.1, 0.15) is 47.4 Å². The van der Waals surface area contributed by atoms with Crippen molar-refractivity contribution >= 4 is 38.6 Å². The fraction of sp³-hybridized carbons (Fsp3) is 0.353. The molecule has 0 spiro atoms. The summed E-state index contributed by atoms with van der Waals surface area (Å²) in [5, 5.41) is 3.12. The summed E-state index contributed by atoms with van der Waals surface area (Å²) in [7, 11) is -2.33. The number of nitrogens with two attached hydrogens (primary N) is 1. The standard InChI is InChI=1S/C34H38FN3O8S/c1-19(2)14-28(36)34(40)43-18-25-17-38(47(5,41)42)29-16-30-27(15-26(29)20(3)44-25)31(33(39)37-4)32(46-30)21-6-10-23(11-7-21)45-24-12-8-22(35)9-13-24/h6-13,15-16,19-20,25,28H,14,17-18,36H2,1-5H3,(H,37,39)/t20-,25-,28-/m0/s1. The molecule has 0 bridgehead atoms. The van der Waals surface area contributed by atoms with Gasteiger partial charge in [-0.25, -0.2) is 12.8 Å². The number of carbonyl (C=O) groups is 2. The van der Waals surface area contributed by atoms with Crippen LogP contribution in [0.5, 0.6) is 11.5 Å². The number of carbonyl (C=O) groups excluding carboxylic acids is 2. The van der Waals surface area contributed by atoms with Gasteiger partial charge in [0.25, 0.3) is 5.91 Å². The maximum atomic E-state index is 13.3. The number of esters is 1. The largest absolute Gasteiger partial charge is 0.462 e. The Morgan fingerprint density at radius 2 is 1.72 bits per heavy atom. The maximum absolute atomic E-state index is 13.3. The molecule has 11 nitrogen and oxygen atoms in total. The third-order valence-electron chi connectivity index (χ3n) is 7.77. The van der Waals surface area contributed by atoms with Gasteiger partial charge < -0.3 is 29.7 Å². The summed E-state index contributed by atoms with van der Waals surface area (Å²) in [5.74, 6) is 0.0449. The number of hydrogen-bond acceptors (Lipinski definition) is 9. The van der Waals surface area contributed by atoms with Gasteiger partial charge in [-0.3, -0.25) is 13.9 Å². The van der Waals surface area contributed by atoms with Crippen LogP contribution >= 0.6 is 0 Å². The number of halogens is 1. The Morgan fingerprint density at radius 1 is 1.09 bits per heavy atom. The average molecular weight is 668 g/mol. The van der Waals surface area contributed by atoms with Crippen LogP contribution in [-0.4, -0.2) is 58.9 Å². The Kier molecular flexibility index (Phi) is 9.89. The second-order valence-electron chi connectivity index (χ2n) is 11.9. The molecule has 1 amide bonds. The molecular formula is C34H38FN3O8S. The molecule has 250 valence electrons. The zero-order chi connectivity index (χ0) is 34.0. The molecule has 0 fully saturated rings. The van der Waals surface area contributed by atoms with Crippen LogP contribution in [0.1, 0.15) is 49.2 Å². The Balaban J connectivity index is 1.49. The Morgan fingerprint density at radius 3 is 2.32 bits per heavy atom. The molecule has 0 saturated heterocycles. The van der Waals surface area contributed by atoms with Crippen molar-refractivity contribution in [3.05, 3.63) is 77.6 Å². The van der Waals surface area contributed by atoms with Gasteiger partial charge in [-0.1, -0.05) is 13.8 Å². The maximum Gasteiger partial charge on any atom is 0.323 e. The van der Waals surface area contributed by atoms with Crippen molar-refractivity contribution in [2.45, 2.75) is 45.4 Å². The summed E-state index contributed by atoms with van der Waals surface area (Å²) >= 11 is 0. The van der Waals surface area contributed by atoms with Gasteiger partial charge in [0.15, 0.2) is 0 Å². The fourth-order valence-corrected chi connectivity index (χ4v) is 6.49. The summed E-state index contributed by atoms with van der Waals surface area (Å²) in [6.45, 7) is 5.33. The normalized spacial score (nSPS) is 17.2. The lowest BCUT2D eigenvalue weighted by molar-refractivity contribution is -0.150. The molecule has 13 heteroatoms. The number of fused-ring (bicyclic) bond motifs is 2. The molecule has 47 heavy (non-hydrogen) atoms. The lowest BCUT2D eigenvalue weighted by Crippen LogP contribution is -2.41. The highest BCUT2D eigenvalue weighted by molar-refractivity contribution is 7.92. The summed E-state index contributed by atoms with van der Waals surface area (Å²) < 4.78 is 64.4. The second-order valence-corrected chi connectivity index (χ2v) is 13.8. The van der Waals surface area contributed by atoms with Crippen molar-refractivity contribution in [1.82, 2.24) is 5.32 Å². The van der Waals surface area contributed by atoms with Crippen LogP contribution in [0, 0.1) is 11.7 Å². The number of nitrogens with one attached hydrogen (secondary N) is 1.